The molecule has 1 heterocycles. The third kappa shape index (κ3) is 5.94. The van der Waals surface area contributed by atoms with E-state index in [1.807, 2.05) is 30.3 Å². The molecular formula is C24H27N3O5. The fraction of sp³-hybridized carbons (Fsp3) is 0.333. The number of amides is 2. The Morgan fingerprint density at radius 3 is 2.31 bits per heavy atom. The van der Waals surface area contributed by atoms with E-state index in [0.717, 1.165) is 5.56 Å². The summed E-state index contributed by atoms with van der Waals surface area (Å²) in [5.41, 5.74) is 1.92. The molecule has 2 atom stereocenters. The van der Waals surface area contributed by atoms with Gasteiger partial charge in [-0.25, -0.2) is 9.78 Å². The number of hydrogen-bond acceptors (Lipinski definition) is 6. The van der Waals surface area contributed by atoms with Crippen LogP contribution in [-0.2, 0) is 16.0 Å². The maximum Gasteiger partial charge on any atom is 0.408 e. The lowest BCUT2D eigenvalue weighted by Crippen LogP contribution is -2.52. The summed E-state index contributed by atoms with van der Waals surface area (Å²) in [5.74, 6) is -0.990. The Hall–Kier alpha value is -3.68. The number of ether oxygens (including phenoxy) is 1. The molecule has 3 rings (SSSR count). The molecule has 0 saturated carbocycles. The average Bonchev–Trinajstić information content (AvgIpc) is 3.21. The van der Waals surface area contributed by atoms with E-state index in [-0.39, 0.29) is 18.4 Å². The van der Waals surface area contributed by atoms with Crippen LogP contribution in [0.1, 0.15) is 43.4 Å². The number of fused-ring (bicyclic) bond motifs is 1. The van der Waals surface area contributed by atoms with Gasteiger partial charge >= 0.3 is 6.09 Å². The second-order valence-corrected chi connectivity index (χ2v) is 7.66. The van der Waals surface area contributed by atoms with Gasteiger partial charge in [-0.1, -0.05) is 49.4 Å². The fourth-order valence-electron chi connectivity index (χ4n) is 3.20. The number of alkyl carbamates (subject to hydrolysis) is 1. The summed E-state index contributed by atoms with van der Waals surface area (Å²) in [6, 6.07) is 14.6. The second-order valence-electron chi connectivity index (χ2n) is 7.66. The first kappa shape index (κ1) is 23.0. The third-order valence-electron chi connectivity index (χ3n) is 4.78. The second kappa shape index (κ2) is 10.6. The molecule has 0 aliphatic rings. The molecule has 8 heteroatoms. The van der Waals surface area contributed by atoms with Crippen LogP contribution in [0.3, 0.4) is 0 Å². The van der Waals surface area contributed by atoms with E-state index in [1.54, 1.807) is 45.0 Å². The van der Waals surface area contributed by atoms with Gasteiger partial charge in [0.1, 0.15) is 11.6 Å². The number of para-hydroxylation sites is 2. The van der Waals surface area contributed by atoms with Crippen LogP contribution in [0, 0.1) is 0 Å². The standard InChI is InChI=1S/C24H27N3O5/c1-4-17(21(28)23-26-18-12-8-9-13-20(18)32-23)25-22(29)19(27-24(30)31-15(2)3)14-16-10-6-5-7-11-16/h5-13,15,17,19H,4,14H2,1-3H3,(H,25,29)(H,27,30)/t17-,19-/m0/s1. The maximum absolute atomic E-state index is 13.1. The van der Waals surface area contributed by atoms with Crippen LogP contribution in [0.5, 0.6) is 0 Å². The highest BCUT2D eigenvalue weighted by molar-refractivity contribution is 6.00. The first-order valence-electron chi connectivity index (χ1n) is 10.6. The first-order chi connectivity index (χ1) is 15.4. The van der Waals surface area contributed by atoms with Crippen LogP contribution < -0.4 is 10.6 Å². The van der Waals surface area contributed by atoms with Crippen molar-refractivity contribution in [2.45, 2.75) is 51.8 Å². The molecule has 0 aliphatic carbocycles. The van der Waals surface area contributed by atoms with Crippen LogP contribution in [0.25, 0.3) is 11.1 Å². The molecule has 32 heavy (non-hydrogen) atoms. The number of ketones is 1. The number of carbonyl (C=O) groups excluding carboxylic acids is 3. The van der Waals surface area contributed by atoms with E-state index in [1.165, 1.54) is 0 Å². The minimum atomic E-state index is -0.922. The Bertz CT molecular complexity index is 1040. The summed E-state index contributed by atoms with van der Waals surface area (Å²) >= 11 is 0. The number of rotatable bonds is 9. The number of nitrogens with zero attached hydrogens (tertiary/aromatic N) is 1. The molecule has 2 amide bonds. The van der Waals surface area contributed by atoms with Crippen molar-refractivity contribution in [3.63, 3.8) is 0 Å². The summed E-state index contributed by atoms with van der Waals surface area (Å²) in [6.45, 7) is 5.22. The number of aromatic nitrogens is 1. The maximum atomic E-state index is 13.1. The molecule has 2 aromatic carbocycles. The zero-order valence-corrected chi connectivity index (χ0v) is 18.3. The van der Waals surface area contributed by atoms with Crippen LogP contribution in [0.2, 0.25) is 0 Å². The molecule has 0 saturated heterocycles. The molecule has 3 aromatic rings. The Kier molecular flexibility index (Phi) is 7.59. The molecular weight excluding hydrogens is 410 g/mol. The molecule has 0 bridgehead atoms. The summed E-state index contributed by atoms with van der Waals surface area (Å²) in [7, 11) is 0. The Morgan fingerprint density at radius 1 is 0.969 bits per heavy atom. The predicted molar refractivity (Wildman–Crippen MR) is 119 cm³/mol. The van der Waals surface area contributed by atoms with Gasteiger partial charge < -0.3 is 19.8 Å². The van der Waals surface area contributed by atoms with Crippen LogP contribution >= 0.6 is 0 Å². The van der Waals surface area contributed by atoms with Gasteiger partial charge in [-0.2, -0.15) is 0 Å². The number of carbonyl (C=O) groups is 3. The van der Waals surface area contributed by atoms with Gasteiger partial charge in [0.2, 0.25) is 11.7 Å². The SMILES string of the molecule is CC[C@H](NC(=O)[C@H](Cc1ccccc1)NC(=O)OC(C)C)C(=O)c1nc2ccccc2o1. The molecule has 1 aromatic heterocycles. The van der Waals surface area contributed by atoms with Crippen molar-refractivity contribution in [2.24, 2.45) is 0 Å². The number of Topliss-reactive ketones (excluding diaryl/α,β-unsaturated/α-hetero) is 1. The summed E-state index contributed by atoms with van der Waals surface area (Å²) in [6.07, 6.45) is -0.459. The zero-order valence-electron chi connectivity index (χ0n) is 18.3. The van der Waals surface area contributed by atoms with E-state index in [9.17, 15) is 14.4 Å². The first-order valence-corrected chi connectivity index (χ1v) is 10.6. The van der Waals surface area contributed by atoms with E-state index >= 15 is 0 Å². The lowest BCUT2D eigenvalue weighted by Gasteiger charge is -2.22. The van der Waals surface area contributed by atoms with Crippen molar-refractivity contribution in [2.75, 3.05) is 0 Å². The zero-order chi connectivity index (χ0) is 23.1. The Labute approximate surface area is 186 Å². The van der Waals surface area contributed by atoms with Crippen molar-refractivity contribution in [3.05, 3.63) is 66.1 Å². The van der Waals surface area contributed by atoms with Crippen molar-refractivity contribution in [3.8, 4) is 0 Å². The largest absolute Gasteiger partial charge is 0.447 e. The van der Waals surface area contributed by atoms with Crippen molar-refractivity contribution < 1.29 is 23.5 Å². The van der Waals surface area contributed by atoms with Gasteiger partial charge in [0.25, 0.3) is 5.89 Å². The van der Waals surface area contributed by atoms with Crippen molar-refractivity contribution in [1.29, 1.82) is 0 Å². The quantitative estimate of drug-likeness (QED) is 0.495. The van der Waals surface area contributed by atoms with Gasteiger partial charge in [0.15, 0.2) is 5.58 Å². The van der Waals surface area contributed by atoms with E-state index in [0.29, 0.717) is 17.5 Å². The molecule has 0 aliphatic heterocycles. The normalized spacial score (nSPS) is 12.9. The summed E-state index contributed by atoms with van der Waals surface area (Å²) < 4.78 is 10.7. The van der Waals surface area contributed by atoms with Crippen LogP contribution in [0.4, 0.5) is 4.79 Å². The molecule has 0 unspecified atom stereocenters. The number of hydrogen-bond donors (Lipinski definition) is 2. The average molecular weight is 437 g/mol. The van der Waals surface area contributed by atoms with Gasteiger partial charge in [0.05, 0.1) is 12.1 Å². The Balaban J connectivity index is 1.75. The summed E-state index contributed by atoms with van der Waals surface area (Å²) in [5, 5.41) is 5.33. The van der Waals surface area contributed by atoms with Gasteiger partial charge in [-0.3, -0.25) is 9.59 Å². The van der Waals surface area contributed by atoms with Gasteiger partial charge in [-0.15, -0.1) is 0 Å². The number of benzene rings is 2. The monoisotopic (exact) mass is 437 g/mol. The Morgan fingerprint density at radius 2 is 1.66 bits per heavy atom. The highest BCUT2D eigenvalue weighted by Crippen LogP contribution is 2.16. The minimum Gasteiger partial charge on any atom is -0.447 e. The minimum absolute atomic E-state index is 0.0647. The van der Waals surface area contributed by atoms with Crippen molar-refractivity contribution >= 4 is 28.9 Å². The summed E-state index contributed by atoms with van der Waals surface area (Å²) in [4.78, 5) is 42.4. The smallest absolute Gasteiger partial charge is 0.408 e. The highest BCUT2D eigenvalue weighted by atomic mass is 16.6. The lowest BCUT2D eigenvalue weighted by molar-refractivity contribution is -0.123. The number of nitrogens with one attached hydrogen (secondary N) is 2. The predicted octanol–water partition coefficient (Wildman–Crippen LogP) is 3.65. The van der Waals surface area contributed by atoms with E-state index in [2.05, 4.69) is 15.6 Å². The molecule has 0 radical (unpaired) electrons. The van der Waals surface area contributed by atoms with Crippen LogP contribution in [0.15, 0.2) is 59.0 Å². The number of oxazole rings is 1. The van der Waals surface area contributed by atoms with Crippen LogP contribution in [-0.4, -0.2) is 41.0 Å². The molecule has 0 spiro atoms. The lowest BCUT2D eigenvalue weighted by atomic mass is 10.0. The van der Waals surface area contributed by atoms with E-state index in [4.69, 9.17) is 9.15 Å². The topological polar surface area (TPSA) is 111 Å². The molecule has 2 N–H and O–H groups in total. The van der Waals surface area contributed by atoms with Gasteiger partial charge in [-0.05, 0) is 38.0 Å². The fourth-order valence-corrected chi connectivity index (χ4v) is 3.20. The molecule has 0 fully saturated rings. The van der Waals surface area contributed by atoms with E-state index < -0.39 is 29.9 Å². The third-order valence-corrected chi connectivity index (χ3v) is 4.78. The molecule has 8 nitrogen and oxygen atoms in total. The highest BCUT2D eigenvalue weighted by Gasteiger charge is 2.29. The van der Waals surface area contributed by atoms with Crippen molar-refractivity contribution in [1.82, 2.24) is 15.6 Å². The molecule has 168 valence electrons. The van der Waals surface area contributed by atoms with Gasteiger partial charge in [0, 0.05) is 6.42 Å².